The summed E-state index contributed by atoms with van der Waals surface area (Å²) in [6.07, 6.45) is 7.14. The molecule has 1 saturated heterocycles. The number of aliphatic hydroxyl groups is 1. The summed E-state index contributed by atoms with van der Waals surface area (Å²) in [6.45, 7) is 8.08. The van der Waals surface area contributed by atoms with Gasteiger partial charge in [0.25, 0.3) is 0 Å². The summed E-state index contributed by atoms with van der Waals surface area (Å²) in [5.41, 5.74) is 5.42. The third-order valence-corrected chi connectivity index (χ3v) is 7.50. The fourth-order valence-corrected chi connectivity index (χ4v) is 5.01. The number of piperazine rings is 1. The maximum Gasteiger partial charge on any atom is 0.224 e. The van der Waals surface area contributed by atoms with E-state index in [1.807, 2.05) is 12.4 Å². The molecule has 0 atom stereocenters. The van der Waals surface area contributed by atoms with Crippen molar-refractivity contribution in [1.82, 2.24) is 24.8 Å². The number of aryl methyl sites for hydroxylation is 1. The number of hydrogen-bond acceptors (Lipinski definition) is 8. The van der Waals surface area contributed by atoms with Crippen molar-refractivity contribution in [3.8, 4) is 11.3 Å². The van der Waals surface area contributed by atoms with E-state index in [2.05, 4.69) is 75.8 Å². The van der Waals surface area contributed by atoms with Gasteiger partial charge in [0, 0.05) is 57.7 Å². The van der Waals surface area contributed by atoms with Crippen LogP contribution in [0.15, 0.2) is 48.8 Å². The first-order chi connectivity index (χ1) is 18.0. The van der Waals surface area contributed by atoms with E-state index in [0.717, 1.165) is 75.5 Å². The molecule has 1 aliphatic carbocycles. The van der Waals surface area contributed by atoms with Crippen molar-refractivity contribution in [2.45, 2.75) is 57.8 Å². The number of anilines is 2. The molecule has 2 fully saturated rings. The van der Waals surface area contributed by atoms with Crippen LogP contribution in [0.1, 0.15) is 42.4 Å². The molecule has 3 aromatic rings. The Morgan fingerprint density at radius 3 is 2.32 bits per heavy atom. The molecule has 0 spiro atoms. The van der Waals surface area contributed by atoms with Gasteiger partial charge in [-0.15, -0.1) is 0 Å². The van der Waals surface area contributed by atoms with E-state index in [1.54, 1.807) is 0 Å². The van der Waals surface area contributed by atoms with E-state index in [9.17, 15) is 5.11 Å². The molecule has 8 nitrogen and oxygen atoms in total. The van der Waals surface area contributed by atoms with Gasteiger partial charge in [-0.3, -0.25) is 9.88 Å². The monoisotopic (exact) mass is 501 g/mol. The predicted octanol–water partition coefficient (Wildman–Crippen LogP) is 3.92. The third kappa shape index (κ3) is 7.03. The highest BCUT2D eigenvalue weighted by atomic mass is 16.3. The van der Waals surface area contributed by atoms with E-state index >= 15 is 0 Å². The molecule has 8 heteroatoms. The van der Waals surface area contributed by atoms with Gasteiger partial charge in [-0.25, -0.2) is 4.98 Å². The Labute approximate surface area is 220 Å². The smallest absolute Gasteiger partial charge is 0.224 e. The Morgan fingerprint density at radius 2 is 1.62 bits per heavy atom. The minimum Gasteiger partial charge on any atom is -0.393 e. The molecule has 3 heterocycles. The summed E-state index contributed by atoms with van der Waals surface area (Å²) in [7, 11) is 2.18. The largest absolute Gasteiger partial charge is 0.393 e. The Morgan fingerprint density at radius 1 is 0.892 bits per heavy atom. The lowest BCUT2D eigenvalue weighted by Gasteiger charge is -2.32. The topological polar surface area (TPSA) is 89.4 Å². The van der Waals surface area contributed by atoms with Gasteiger partial charge in [0.15, 0.2) is 0 Å². The summed E-state index contributed by atoms with van der Waals surface area (Å²) >= 11 is 0. The van der Waals surface area contributed by atoms with Gasteiger partial charge in [-0.05, 0) is 56.8 Å². The van der Waals surface area contributed by atoms with Crippen LogP contribution in [0.25, 0.3) is 11.3 Å². The van der Waals surface area contributed by atoms with E-state index in [1.165, 1.54) is 16.7 Å². The molecule has 0 amide bonds. The average molecular weight is 502 g/mol. The molecule has 0 radical (unpaired) electrons. The number of nitrogens with zero attached hydrogens (tertiary/aromatic N) is 5. The third-order valence-electron chi connectivity index (χ3n) is 7.50. The number of likely N-dealkylation sites (N-methyl/N-ethyl adjacent to an activating group) is 1. The van der Waals surface area contributed by atoms with Crippen molar-refractivity contribution >= 4 is 11.8 Å². The van der Waals surface area contributed by atoms with Gasteiger partial charge in [0.2, 0.25) is 5.95 Å². The first-order valence-electron chi connectivity index (χ1n) is 13.5. The van der Waals surface area contributed by atoms with Crippen LogP contribution in [0.3, 0.4) is 0 Å². The van der Waals surface area contributed by atoms with Crippen LogP contribution in [0.5, 0.6) is 0 Å². The molecule has 196 valence electrons. The minimum atomic E-state index is -0.191. The lowest BCUT2D eigenvalue weighted by atomic mass is 9.93. The number of hydrogen-bond donors (Lipinski definition) is 3. The molecule has 5 rings (SSSR count). The van der Waals surface area contributed by atoms with Crippen LogP contribution >= 0.6 is 0 Å². The van der Waals surface area contributed by atoms with E-state index in [0.29, 0.717) is 12.5 Å². The molecular formula is C29H39N7O. The zero-order valence-electron chi connectivity index (χ0n) is 22.0. The van der Waals surface area contributed by atoms with E-state index in [4.69, 9.17) is 9.97 Å². The highest BCUT2D eigenvalue weighted by molar-refractivity contribution is 5.73. The molecule has 2 aromatic heterocycles. The second-order valence-corrected chi connectivity index (χ2v) is 10.6. The number of aromatic nitrogens is 3. The lowest BCUT2D eigenvalue weighted by Crippen LogP contribution is -2.43. The normalized spacial score (nSPS) is 21.1. The number of rotatable bonds is 8. The molecule has 0 bridgehead atoms. The summed E-state index contributed by atoms with van der Waals surface area (Å²) in [4.78, 5) is 19.2. The van der Waals surface area contributed by atoms with Gasteiger partial charge >= 0.3 is 0 Å². The van der Waals surface area contributed by atoms with Gasteiger partial charge in [-0.2, -0.15) is 4.98 Å². The summed E-state index contributed by atoms with van der Waals surface area (Å²) in [6, 6.07) is 13.0. The van der Waals surface area contributed by atoms with Crippen LogP contribution in [-0.4, -0.2) is 75.2 Å². The fraction of sp³-hybridized carbons (Fsp3) is 0.483. The Bertz CT molecular complexity index is 1140. The summed E-state index contributed by atoms with van der Waals surface area (Å²) in [5.74, 6) is 1.39. The summed E-state index contributed by atoms with van der Waals surface area (Å²) in [5, 5.41) is 17.0. The second kappa shape index (κ2) is 12.0. The van der Waals surface area contributed by atoms with Crippen molar-refractivity contribution in [1.29, 1.82) is 0 Å². The van der Waals surface area contributed by atoms with Gasteiger partial charge in [0.05, 0.1) is 17.4 Å². The standard InChI is InChI=1S/C29H39N7O/c1-21-3-5-22(6-4-21)17-31-29-32-19-26(28(34-29)33-24-8-10-25(37)11-9-24)27-12-7-23(18-30-27)20-36-15-13-35(2)14-16-36/h3-7,12,18-19,24-25,37H,8-11,13-17,20H2,1-2H3,(H2,31,32,33,34). The zero-order chi connectivity index (χ0) is 25.6. The van der Waals surface area contributed by atoms with Crippen molar-refractivity contribution in [3.63, 3.8) is 0 Å². The van der Waals surface area contributed by atoms with Gasteiger partial charge in [0.1, 0.15) is 5.82 Å². The van der Waals surface area contributed by atoms with Gasteiger partial charge in [-0.1, -0.05) is 35.9 Å². The molecule has 1 aromatic carbocycles. The lowest BCUT2D eigenvalue weighted by molar-refractivity contribution is 0.126. The quantitative estimate of drug-likeness (QED) is 0.428. The van der Waals surface area contributed by atoms with Crippen molar-refractivity contribution in [2.75, 3.05) is 43.9 Å². The molecule has 1 aliphatic heterocycles. The highest BCUT2D eigenvalue weighted by Gasteiger charge is 2.22. The Balaban J connectivity index is 1.32. The first kappa shape index (κ1) is 25.6. The van der Waals surface area contributed by atoms with Crippen LogP contribution in [-0.2, 0) is 13.1 Å². The molecule has 3 N–H and O–H groups in total. The first-order valence-corrected chi connectivity index (χ1v) is 13.5. The minimum absolute atomic E-state index is 0.191. The number of nitrogens with one attached hydrogen (secondary N) is 2. The average Bonchev–Trinajstić information content (AvgIpc) is 2.92. The highest BCUT2D eigenvalue weighted by Crippen LogP contribution is 2.29. The Kier molecular flexibility index (Phi) is 8.28. The van der Waals surface area contributed by atoms with Crippen molar-refractivity contribution in [3.05, 3.63) is 65.5 Å². The maximum absolute atomic E-state index is 9.94. The van der Waals surface area contributed by atoms with E-state index < -0.39 is 0 Å². The summed E-state index contributed by atoms with van der Waals surface area (Å²) < 4.78 is 0. The van der Waals surface area contributed by atoms with Crippen molar-refractivity contribution < 1.29 is 5.11 Å². The second-order valence-electron chi connectivity index (χ2n) is 10.6. The van der Waals surface area contributed by atoms with Crippen LogP contribution in [0.4, 0.5) is 11.8 Å². The van der Waals surface area contributed by atoms with Gasteiger partial charge < -0.3 is 20.6 Å². The van der Waals surface area contributed by atoms with Crippen LogP contribution < -0.4 is 10.6 Å². The molecule has 37 heavy (non-hydrogen) atoms. The molecule has 0 unspecified atom stereocenters. The zero-order valence-corrected chi connectivity index (χ0v) is 22.0. The predicted molar refractivity (Wildman–Crippen MR) is 148 cm³/mol. The van der Waals surface area contributed by atoms with Crippen LogP contribution in [0.2, 0.25) is 0 Å². The fourth-order valence-electron chi connectivity index (χ4n) is 5.01. The molecular weight excluding hydrogens is 462 g/mol. The number of pyridine rings is 1. The maximum atomic E-state index is 9.94. The van der Waals surface area contributed by atoms with Crippen molar-refractivity contribution in [2.24, 2.45) is 0 Å². The van der Waals surface area contributed by atoms with E-state index in [-0.39, 0.29) is 12.1 Å². The molecule has 1 saturated carbocycles. The van der Waals surface area contributed by atoms with Crippen LogP contribution in [0, 0.1) is 6.92 Å². The SMILES string of the molecule is Cc1ccc(CNc2ncc(-c3ccc(CN4CCN(C)CC4)cn3)c(NC3CCC(O)CC3)n2)cc1. The Hall–Kier alpha value is -3.07. The number of aliphatic hydroxyl groups excluding tert-OH is 1. The molecule has 2 aliphatic rings. The number of benzene rings is 1.